The molecule has 1 aromatic rings. The third-order valence-electron chi connectivity index (χ3n) is 3.56. The number of carbonyl (C=O) groups is 1. The summed E-state index contributed by atoms with van der Waals surface area (Å²) >= 11 is 0. The third-order valence-corrected chi connectivity index (χ3v) is 3.56. The minimum atomic E-state index is -0.828. The molecule has 0 amide bonds. The van der Waals surface area contributed by atoms with Crippen LogP contribution < -0.4 is 0 Å². The highest BCUT2D eigenvalue weighted by atomic mass is 16.4. The predicted octanol–water partition coefficient (Wildman–Crippen LogP) is 0.843. The van der Waals surface area contributed by atoms with Crippen molar-refractivity contribution in [1.82, 2.24) is 14.8 Å². The van der Waals surface area contributed by atoms with E-state index in [0.717, 1.165) is 19.6 Å². The molecule has 0 spiro atoms. The van der Waals surface area contributed by atoms with E-state index in [2.05, 4.69) is 23.9 Å². The number of hydrogen-bond acceptors (Lipinski definition) is 4. The van der Waals surface area contributed by atoms with Crippen molar-refractivity contribution >= 4 is 5.97 Å². The molecule has 0 aliphatic carbocycles. The monoisotopic (exact) mass is 249 g/mol. The van der Waals surface area contributed by atoms with Crippen LogP contribution in [-0.4, -0.2) is 58.6 Å². The summed E-state index contributed by atoms with van der Waals surface area (Å²) in [6, 6.07) is 5.14. The highest BCUT2D eigenvalue weighted by Crippen LogP contribution is 2.22. The molecule has 1 N–H and O–H groups in total. The standard InChI is InChI=1S/C13H19N3O2/c1-10-9-16(8-7-15(10)2)12(13(17)18)11-5-3-4-6-14-11/h3-6,10,12H,7-9H2,1-2H3,(H,17,18). The smallest absolute Gasteiger partial charge is 0.327 e. The molecule has 1 saturated heterocycles. The van der Waals surface area contributed by atoms with Crippen molar-refractivity contribution in [2.45, 2.75) is 19.0 Å². The van der Waals surface area contributed by atoms with Crippen LogP contribution in [0, 0.1) is 0 Å². The van der Waals surface area contributed by atoms with E-state index < -0.39 is 12.0 Å². The Morgan fingerprint density at radius 1 is 1.50 bits per heavy atom. The second kappa shape index (κ2) is 5.46. The zero-order valence-electron chi connectivity index (χ0n) is 10.8. The molecule has 98 valence electrons. The Morgan fingerprint density at radius 2 is 2.28 bits per heavy atom. The van der Waals surface area contributed by atoms with Crippen LogP contribution in [0.2, 0.25) is 0 Å². The Hall–Kier alpha value is -1.46. The number of aromatic nitrogens is 1. The van der Waals surface area contributed by atoms with Gasteiger partial charge in [0.1, 0.15) is 0 Å². The number of piperazine rings is 1. The summed E-state index contributed by atoms with van der Waals surface area (Å²) in [5.41, 5.74) is 0.613. The molecule has 0 aromatic carbocycles. The van der Waals surface area contributed by atoms with E-state index in [1.165, 1.54) is 0 Å². The molecule has 18 heavy (non-hydrogen) atoms. The summed E-state index contributed by atoms with van der Waals surface area (Å²) in [6.07, 6.45) is 1.64. The van der Waals surface area contributed by atoms with Gasteiger partial charge in [0, 0.05) is 31.9 Å². The first-order valence-electron chi connectivity index (χ1n) is 6.17. The van der Waals surface area contributed by atoms with Gasteiger partial charge in [0.25, 0.3) is 0 Å². The minimum absolute atomic E-state index is 0.365. The van der Waals surface area contributed by atoms with Gasteiger partial charge >= 0.3 is 5.97 Å². The molecule has 5 heteroatoms. The molecule has 0 bridgehead atoms. The average molecular weight is 249 g/mol. The van der Waals surface area contributed by atoms with Crippen LogP contribution in [0.25, 0.3) is 0 Å². The summed E-state index contributed by atoms with van der Waals surface area (Å²) in [5.74, 6) is -0.828. The van der Waals surface area contributed by atoms with Gasteiger partial charge in [-0.2, -0.15) is 0 Å². The second-order valence-electron chi connectivity index (χ2n) is 4.82. The maximum absolute atomic E-state index is 11.5. The van der Waals surface area contributed by atoms with Crippen LogP contribution in [-0.2, 0) is 4.79 Å². The molecular formula is C13H19N3O2. The van der Waals surface area contributed by atoms with Crippen molar-refractivity contribution in [1.29, 1.82) is 0 Å². The van der Waals surface area contributed by atoms with Crippen LogP contribution >= 0.6 is 0 Å². The maximum atomic E-state index is 11.5. The van der Waals surface area contributed by atoms with Gasteiger partial charge in [0.05, 0.1) is 5.69 Å². The quantitative estimate of drug-likeness (QED) is 0.860. The average Bonchev–Trinajstić information content (AvgIpc) is 2.35. The van der Waals surface area contributed by atoms with E-state index in [0.29, 0.717) is 11.7 Å². The lowest BCUT2D eigenvalue weighted by atomic mass is 10.1. The summed E-state index contributed by atoms with van der Waals surface area (Å²) in [4.78, 5) is 19.9. The fraction of sp³-hybridized carbons (Fsp3) is 0.538. The zero-order valence-corrected chi connectivity index (χ0v) is 10.8. The van der Waals surface area contributed by atoms with Crippen LogP contribution in [0.3, 0.4) is 0 Å². The molecule has 1 fully saturated rings. The highest BCUT2D eigenvalue weighted by Gasteiger charge is 2.32. The van der Waals surface area contributed by atoms with Crippen molar-refractivity contribution < 1.29 is 9.90 Å². The summed E-state index contributed by atoms with van der Waals surface area (Å²) in [7, 11) is 2.07. The Bertz CT molecular complexity index is 410. The fourth-order valence-corrected chi connectivity index (χ4v) is 2.32. The number of aliphatic carboxylic acids is 1. The minimum Gasteiger partial charge on any atom is -0.480 e. The number of rotatable bonds is 3. The molecule has 0 radical (unpaired) electrons. The first-order chi connectivity index (χ1) is 8.59. The van der Waals surface area contributed by atoms with E-state index in [4.69, 9.17) is 0 Å². The molecule has 2 unspecified atom stereocenters. The van der Waals surface area contributed by atoms with E-state index in [1.807, 2.05) is 11.0 Å². The number of nitrogens with zero attached hydrogens (tertiary/aromatic N) is 3. The lowest BCUT2D eigenvalue weighted by Gasteiger charge is -2.40. The molecule has 1 aromatic heterocycles. The van der Waals surface area contributed by atoms with Gasteiger partial charge in [-0.05, 0) is 26.1 Å². The van der Waals surface area contributed by atoms with E-state index in [9.17, 15) is 9.90 Å². The largest absolute Gasteiger partial charge is 0.480 e. The lowest BCUT2D eigenvalue weighted by molar-refractivity contribution is -0.145. The zero-order chi connectivity index (χ0) is 13.1. The summed E-state index contributed by atoms with van der Waals surface area (Å²) in [5, 5.41) is 9.44. The topological polar surface area (TPSA) is 56.7 Å². The van der Waals surface area contributed by atoms with E-state index >= 15 is 0 Å². The van der Waals surface area contributed by atoms with Crippen LogP contribution in [0.4, 0.5) is 0 Å². The van der Waals surface area contributed by atoms with E-state index in [1.54, 1.807) is 18.3 Å². The van der Waals surface area contributed by atoms with Gasteiger partial charge in [0.2, 0.25) is 0 Å². The molecule has 2 rings (SSSR count). The van der Waals surface area contributed by atoms with Gasteiger partial charge in [-0.25, -0.2) is 0 Å². The molecular weight excluding hydrogens is 230 g/mol. The lowest BCUT2D eigenvalue weighted by Crippen LogP contribution is -2.52. The van der Waals surface area contributed by atoms with Gasteiger partial charge in [-0.1, -0.05) is 6.07 Å². The SMILES string of the molecule is CC1CN(C(C(=O)O)c2ccccn2)CCN1C. The fourth-order valence-electron chi connectivity index (χ4n) is 2.32. The predicted molar refractivity (Wildman–Crippen MR) is 68.3 cm³/mol. The number of likely N-dealkylation sites (N-methyl/N-ethyl adjacent to an activating group) is 1. The van der Waals surface area contributed by atoms with Crippen molar-refractivity contribution in [3.05, 3.63) is 30.1 Å². The van der Waals surface area contributed by atoms with Crippen LogP contribution in [0.5, 0.6) is 0 Å². The Morgan fingerprint density at radius 3 is 2.83 bits per heavy atom. The third kappa shape index (κ3) is 2.68. The Balaban J connectivity index is 2.19. The van der Waals surface area contributed by atoms with Gasteiger partial charge < -0.3 is 10.0 Å². The molecule has 2 heterocycles. The number of pyridine rings is 1. The highest BCUT2D eigenvalue weighted by molar-refractivity contribution is 5.74. The van der Waals surface area contributed by atoms with Crippen molar-refractivity contribution in [2.24, 2.45) is 0 Å². The molecule has 0 saturated carbocycles. The van der Waals surface area contributed by atoms with Crippen molar-refractivity contribution in [3.8, 4) is 0 Å². The van der Waals surface area contributed by atoms with Crippen molar-refractivity contribution in [3.63, 3.8) is 0 Å². The van der Waals surface area contributed by atoms with Gasteiger partial charge in [-0.3, -0.25) is 14.7 Å². The maximum Gasteiger partial charge on any atom is 0.327 e. The van der Waals surface area contributed by atoms with E-state index in [-0.39, 0.29) is 0 Å². The van der Waals surface area contributed by atoms with Crippen LogP contribution in [0.15, 0.2) is 24.4 Å². The summed E-state index contributed by atoms with van der Waals surface area (Å²) in [6.45, 7) is 4.51. The number of hydrogen-bond donors (Lipinski definition) is 1. The van der Waals surface area contributed by atoms with Crippen LogP contribution in [0.1, 0.15) is 18.7 Å². The van der Waals surface area contributed by atoms with Gasteiger partial charge in [0.15, 0.2) is 6.04 Å². The first kappa shape index (κ1) is 13.0. The van der Waals surface area contributed by atoms with Gasteiger partial charge in [-0.15, -0.1) is 0 Å². The molecule has 1 aliphatic heterocycles. The summed E-state index contributed by atoms with van der Waals surface area (Å²) < 4.78 is 0. The molecule has 2 atom stereocenters. The Labute approximate surface area is 107 Å². The number of carboxylic acid groups (broad SMARTS) is 1. The second-order valence-corrected chi connectivity index (χ2v) is 4.82. The molecule has 5 nitrogen and oxygen atoms in total. The molecule has 1 aliphatic rings. The number of carboxylic acids is 1. The first-order valence-corrected chi connectivity index (χ1v) is 6.17. The Kier molecular flexibility index (Phi) is 3.93. The van der Waals surface area contributed by atoms with Crippen molar-refractivity contribution in [2.75, 3.05) is 26.7 Å². The normalized spacial score (nSPS) is 23.8.